The van der Waals surface area contributed by atoms with Gasteiger partial charge in [0.1, 0.15) is 0 Å². The summed E-state index contributed by atoms with van der Waals surface area (Å²) in [5.74, 6) is 0.693. The van der Waals surface area contributed by atoms with Crippen molar-refractivity contribution in [3.8, 4) is 5.69 Å². The van der Waals surface area contributed by atoms with E-state index in [1.807, 2.05) is 11.7 Å². The van der Waals surface area contributed by atoms with Crippen LogP contribution in [0, 0.1) is 0 Å². The summed E-state index contributed by atoms with van der Waals surface area (Å²) in [4.78, 5) is 0. The quantitative estimate of drug-likeness (QED) is 0.929. The SMILES string of the molecule is CNC(C)c1ccc(Br)cc1-n1ccc(C2CC2)n1. The van der Waals surface area contributed by atoms with Gasteiger partial charge in [0, 0.05) is 22.6 Å². The Labute approximate surface area is 122 Å². The second kappa shape index (κ2) is 5.10. The topological polar surface area (TPSA) is 29.9 Å². The maximum atomic E-state index is 4.73. The predicted octanol–water partition coefficient (Wildman–Crippen LogP) is 3.79. The fraction of sp³-hybridized carbons (Fsp3) is 0.400. The molecular formula is C15H18BrN3. The first kappa shape index (κ1) is 12.9. The Kier molecular flexibility index (Phi) is 3.46. The number of benzene rings is 1. The Morgan fingerprint density at radius 2 is 2.16 bits per heavy atom. The zero-order valence-corrected chi connectivity index (χ0v) is 12.8. The summed E-state index contributed by atoms with van der Waals surface area (Å²) in [6.07, 6.45) is 4.64. The van der Waals surface area contributed by atoms with E-state index in [1.54, 1.807) is 0 Å². The molecule has 1 aliphatic rings. The van der Waals surface area contributed by atoms with E-state index < -0.39 is 0 Å². The number of aromatic nitrogens is 2. The van der Waals surface area contributed by atoms with Crippen LogP contribution in [0.25, 0.3) is 5.69 Å². The summed E-state index contributed by atoms with van der Waals surface area (Å²) in [7, 11) is 1.98. The highest BCUT2D eigenvalue weighted by molar-refractivity contribution is 9.10. The Balaban J connectivity index is 2.03. The number of halogens is 1. The largest absolute Gasteiger partial charge is 0.313 e. The molecule has 1 aromatic heterocycles. The van der Waals surface area contributed by atoms with Crippen LogP contribution in [0.5, 0.6) is 0 Å². The number of rotatable bonds is 4. The van der Waals surface area contributed by atoms with E-state index in [1.165, 1.54) is 24.1 Å². The van der Waals surface area contributed by atoms with Gasteiger partial charge in [0.15, 0.2) is 0 Å². The van der Waals surface area contributed by atoms with E-state index >= 15 is 0 Å². The Bertz CT molecular complexity index is 587. The number of nitrogens with zero attached hydrogens (tertiary/aromatic N) is 2. The molecule has 1 N–H and O–H groups in total. The average Bonchev–Trinajstić information content (AvgIpc) is 3.15. The number of hydrogen-bond donors (Lipinski definition) is 1. The van der Waals surface area contributed by atoms with Gasteiger partial charge in [0.2, 0.25) is 0 Å². The molecule has 1 fully saturated rings. The van der Waals surface area contributed by atoms with Crippen molar-refractivity contribution in [1.29, 1.82) is 0 Å². The monoisotopic (exact) mass is 319 g/mol. The molecule has 19 heavy (non-hydrogen) atoms. The summed E-state index contributed by atoms with van der Waals surface area (Å²) in [6, 6.07) is 8.81. The highest BCUT2D eigenvalue weighted by Gasteiger charge is 2.26. The number of hydrogen-bond acceptors (Lipinski definition) is 2. The Morgan fingerprint density at radius 3 is 2.84 bits per heavy atom. The molecule has 0 aliphatic heterocycles. The summed E-state index contributed by atoms with van der Waals surface area (Å²) in [5.41, 5.74) is 3.63. The summed E-state index contributed by atoms with van der Waals surface area (Å²) in [6.45, 7) is 2.16. The number of nitrogens with one attached hydrogen (secondary N) is 1. The molecule has 3 nitrogen and oxygen atoms in total. The molecule has 3 rings (SSSR count). The fourth-order valence-electron chi connectivity index (χ4n) is 2.31. The zero-order valence-electron chi connectivity index (χ0n) is 11.2. The van der Waals surface area contributed by atoms with Gasteiger partial charge in [-0.05, 0) is 50.6 Å². The van der Waals surface area contributed by atoms with Gasteiger partial charge >= 0.3 is 0 Å². The van der Waals surface area contributed by atoms with E-state index in [-0.39, 0.29) is 0 Å². The smallest absolute Gasteiger partial charge is 0.0704 e. The first-order valence-electron chi connectivity index (χ1n) is 6.71. The van der Waals surface area contributed by atoms with Crippen molar-refractivity contribution in [3.63, 3.8) is 0 Å². The zero-order chi connectivity index (χ0) is 13.4. The van der Waals surface area contributed by atoms with E-state index in [4.69, 9.17) is 5.10 Å². The van der Waals surface area contributed by atoms with Gasteiger partial charge in [0.25, 0.3) is 0 Å². The third-order valence-electron chi connectivity index (χ3n) is 3.74. The lowest BCUT2D eigenvalue weighted by atomic mass is 10.1. The molecule has 0 saturated heterocycles. The third kappa shape index (κ3) is 2.60. The van der Waals surface area contributed by atoms with Crippen molar-refractivity contribution in [2.75, 3.05) is 7.05 Å². The minimum absolute atomic E-state index is 0.302. The lowest BCUT2D eigenvalue weighted by molar-refractivity contribution is 0.643. The molecule has 0 bridgehead atoms. The lowest BCUT2D eigenvalue weighted by Gasteiger charge is -2.16. The van der Waals surface area contributed by atoms with Gasteiger partial charge in [-0.2, -0.15) is 5.10 Å². The van der Waals surface area contributed by atoms with Crippen LogP contribution in [-0.4, -0.2) is 16.8 Å². The van der Waals surface area contributed by atoms with Gasteiger partial charge in [-0.3, -0.25) is 0 Å². The van der Waals surface area contributed by atoms with Crippen molar-refractivity contribution in [1.82, 2.24) is 15.1 Å². The van der Waals surface area contributed by atoms with E-state index in [9.17, 15) is 0 Å². The Hall–Kier alpha value is -1.13. The molecule has 1 aromatic carbocycles. The standard InChI is InChI=1S/C15H18BrN3/c1-10(17-2)13-6-5-12(16)9-15(13)19-8-7-14(18-19)11-3-4-11/h5-11,17H,3-4H2,1-2H3. The van der Waals surface area contributed by atoms with Crippen LogP contribution in [0.2, 0.25) is 0 Å². The van der Waals surface area contributed by atoms with Gasteiger partial charge in [-0.15, -0.1) is 0 Å². The molecule has 1 saturated carbocycles. The first-order valence-corrected chi connectivity index (χ1v) is 7.51. The van der Waals surface area contributed by atoms with Gasteiger partial charge in [0.05, 0.1) is 11.4 Å². The molecule has 1 heterocycles. The summed E-state index contributed by atoms with van der Waals surface area (Å²) in [5, 5.41) is 8.03. The Morgan fingerprint density at radius 1 is 1.37 bits per heavy atom. The molecule has 1 aliphatic carbocycles. The van der Waals surface area contributed by atoms with E-state index in [0.29, 0.717) is 12.0 Å². The average molecular weight is 320 g/mol. The van der Waals surface area contributed by atoms with Crippen LogP contribution in [0.4, 0.5) is 0 Å². The van der Waals surface area contributed by atoms with Crippen LogP contribution in [0.1, 0.15) is 43.0 Å². The molecule has 1 atom stereocenters. The molecule has 1 unspecified atom stereocenters. The van der Waals surface area contributed by atoms with Crippen LogP contribution in [0.15, 0.2) is 34.9 Å². The highest BCUT2D eigenvalue weighted by atomic mass is 79.9. The second-order valence-corrected chi connectivity index (χ2v) is 6.09. The van der Waals surface area contributed by atoms with Gasteiger partial charge in [-0.1, -0.05) is 22.0 Å². The summed E-state index contributed by atoms with van der Waals surface area (Å²) >= 11 is 3.55. The lowest BCUT2D eigenvalue weighted by Crippen LogP contribution is -2.15. The van der Waals surface area contributed by atoms with Crippen LogP contribution in [-0.2, 0) is 0 Å². The molecule has 4 heteroatoms. The molecular weight excluding hydrogens is 302 g/mol. The first-order chi connectivity index (χ1) is 9.19. The van der Waals surface area contributed by atoms with Gasteiger partial charge in [-0.25, -0.2) is 4.68 Å². The fourth-order valence-corrected chi connectivity index (χ4v) is 2.65. The maximum absolute atomic E-state index is 4.73. The predicted molar refractivity (Wildman–Crippen MR) is 80.7 cm³/mol. The van der Waals surface area contributed by atoms with Crippen LogP contribution >= 0.6 is 15.9 Å². The van der Waals surface area contributed by atoms with Crippen molar-refractivity contribution in [2.45, 2.75) is 31.7 Å². The highest BCUT2D eigenvalue weighted by Crippen LogP contribution is 2.39. The van der Waals surface area contributed by atoms with E-state index in [0.717, 1.165) is 10.2 Å². The molecule has 0 radical (unpaired) electrons. The maximum Gasteiger partial charge on any atom is 0.0704 e. The van der Waals surface area contributed by atoms with E-state index in [2.05, 4.69) is 58.6 Å². The normalized spacial score (nSPS) is 16.6. The minimum Gasteiger partial charge on any atom is -0.313 e. The van der Waals surface area contributed by atoms with Crippen LogP contribution < -0.4 is 5.32 Å². The molecule has 2 aromatic rings. The minimum atomic E-state index is 0.302. The molecule has 100 valence electrons. The third-order valence-corrected chi connectivity index (χ3v) is 4.24. The second-order valence-electron chi connectivity index (χ2n) is 5.17. The molecule has 0 amide bonds. The molecule has 0 spiro atoms. The van der Waals surface area contributed by atoms with Crippen LogP contribution in [0.3, 0.4) is 0 Å². The van der Waals surface area contributed by atoms with Crippen molar-refractivity contribution in [3.05, 3.63) is 46.2 Å². The van der Waals surface area contributed by atoms with Gasteiger partial charge < -0.3 is 5.32 Å². The van der Waals surface area contributed by atoms with Crippen molar-refractivity contribution >= 4 is 15.9 Å². The summed E-state index contributed by atoms with van der Waals surface area (Å²) < 4.78 is 3.08. The van der Waals surface area contributed by atoms with Crippen molar-refractivity contribution in [2.24, 2.45) is 0 Å². The van der Waals surface area contributed by atoms with Crippen molar-refractivity contribution < 1.29 is 0 Å².